The highest BCUT2D eigenvalue weighted by molar-refractivity contribution is 5.96. The molecule has 0 bridgehead atoms. The molecular formula is C55H37N. The summed E-state index contributed by atoms with van der Waals surface area (Å²) in [6.45, 7) is 0. The number of nitrogens with zero attached hydrogens (tertiary/aromatic N) is 1. The molecule has 0 unspecified atom stereocenters. The van der Waals surface area contributed by atoms with Crippen molar-refractivity contribution >= 4 is 5.57 Å². The molecular weight excluding hydrogens is 675 g/mol. The summed E-state index contributed by atoms with van der Waals surface area (Å²) in [5.41, 5.74) is 21.6. The Bertz CT molecular complexity index is 2890. The first-order valence-electron chi connectivity index (χ1n) is 19.9. The summed E-state index contributed by atoms with van der Waals surface area (Å²) in [5, 5.41) is 0. The largest absolute Gasteiger partial charge is 0.248 e. The lowest BCUT2D eigenvalue weighted by molar-refractivity contribution is 0.634. The fourth-order valence-corrected chi connectivity index (χ4v) is 11.0. The third-order valence-electron chi connectivity index (χ3n) is 13.0. The molecule has 262 valence electrons. The molecule has 4 aliphatic carbocycles. The minimum absolute atomic E-state index is 0.538. The van der Waals surface area contributed by atoms with Crippen LogP contribution < -0.4 is 0 Å². The first-order chi connectivity index (χ1) is 27.8. The Balaban J connectivity index is 1.28. The zero-order chi connectivity index (χ0) is 36.8. The van der Waals surface area contributed by atoms with E-state index in [2.05, 4.69) is 200 Å². The molecule has 56 heavy (non-hydrogen) atoms. The van der Waals surface area contributed by atoms with Gasteiger partial charge in [-0.05, 0) is 103 Å². The summed E-state index contributed by atoms with van der Waals surface area (Å²) in [7, 11) is 0. The second-order valence-electron chi connectivity index (χ2n) is 15.6. The lowest BCUT2D eigenvalue weighted by Crippen LogP contribution is -2.44. The van der Waals surface area contributed by atoms with Crippen LogP contribution >= 0.6 is 0 Å². The van der Waals surface area contributed by atoms with Crippen molar-refractivity contribution in [2.24, 2.45) is 0 Å². The van der Waals surface area contributed by atoms with Gasteiger partial charge in [0.05, 0.1) is 22.2 Å². The molecule has 0 saturated heterocycles. The summed E-state index contributed by atoms with van der Waals surface area (Å²) < 4.78 is 0. The highest BCUT2D eigenvalue weighted by Gasteiger charge is 2.59. The van der Waals surface area contributed by atoms with Crippen LogP contribution in [-0.4, -0.2) is 4.98 Å². The van der Waals surface area contributed by atoms with Crippen molar-refractivity contribution in [1.29, 1.82) is 0 Å². The van der Waals surface area contributed by atoms with Gasteiger partial charge in [-0.25, -0.2) is 4.98 Å². The second kappa shape index (κ2) is 11.8. The number of fused-ring (bicyclic) bond motifs is 16. The van der Waals surface area contributed by atoms with Gasteiger partial charge in [-0.2, -0.15) is 0 Å². The average molecular weight is 712 g/mol. The smallest absolute Gasteiger partial charge is 0.0726 e. The molecule has 4 aliphatic rings. The van der Waals surface area contributed by atoms with Crippen molar-refractivity contribution in [3.05, 3.63) is 250 Å². The van der Waals surface area contributed by atoms with Crippen molar-refractivity contribution < 1.29 is 0 Å². The molecule has 0 saturated carbocycles. The van der Waals surface area contributed by atoms with Crippen LogP contribution in [0.1, 0.15) is 62.9 Å². The Morgan fingerprint density at radius 2 is 0.839 bits per heavy atom. The number of allylic oxidation sites excluding steroid dienone is 4. The van der Waals surface area contributed by atoms with E-state index in [0.29, 0.717) is 0 Å². The lowest BCUT2D eigenvalue weighted by Gasteiger charge is -2.49. The molecule has 0 atom stereocenters. The van der Waals surface area contributed by atoms with Crippen molar-refractivity contribution in [3.8, 4) is 44.8 Å². The van der Waals surface area contributed by atoms with Crippen molar-refractivity contribution in [3.63, 3.8) is 0 Å². The first kappa shape index (κ1) is 31.5. The maximum atomic E-state index is 5.66. The predicted molar refractivity (Wildman–Crippen MR) is 230 cm³/mol. The van der Waals surface area contributed by atoms with Gasteiger partial charge >= 0.3 is 0 Å². The van der Waals surface area contributed by atoms with E-state index in [9.17, 15) is 0 Å². The van der Waals surface area contributed by atoms with E-state index >= 15 is 0 Å². The quantitative estimate of drug-likeness (QED) is 0.178. The van der Waals surface area contributed by atoms with E-state index in [-0.39, 0.29) is 0 Å². The maximum absolute atomic E-state index is 5.66. The molecule has 1 heterocycles. The number of hydrogen-bond acceptors (Lipinski definition) is 1. The van der Waals surface area contributed by atoms with Gasteiger partial charge in [0.1, 0.15) is 0 Å². The van der Waals surface area contributed by atoms with Crippen LogP contribution in [0.2, 0.25) is 0 Å². The van der Waals surface area contributed by atoms with Crippen molar-refractivity contribution in [1.82, 2.24) is 4.98 Å². The lowest BCUT2D eigenvalue weighted by atomic mass is 9.51. The second-order valence-corrected chi connectivity index (χ2v) is 15.6. The Morgan fingerprint density at radius 1 is 0.375 bits per heavy atom. The zero-order valence-corrected chi connectivity index (χ0v) is 30.9. The SMILES string of the molecule is C1=CCCC(c2cc(-c3ccccc3)nc(-c3cccc4c3C3(c5ccccc5-c5ccccc53)c3ccccc3C43c4ccccc4-c4ccccc43)c2)=C1. The topological polar surface area (TPSA) is 12.9 Å². The third kappa shape index (κ3) is 4.02. The Hall–Kier alpha value is -6.83. The Morgan fingerprint density at radius 3 is 1.41 bits per heavy atom. The van der Waals surface area contributed by atoms with Gasteiger partial charge < -0.3 is 0 Å². The number of rotatable bonds is 3. The summed E-state index contributed by atoms with van der Waals surface area (Å²) in [6, 6.07) is 68.4. The zero-order valence-electron chi connectivity index (χ0n) is 30.9. The first-order valence-corrected chi connectivity index (χ1v) is 19.9. The summed E-state index contributed by atoms with van der Waals surface area (Å²) in [5.74, 6) is 0. The number of aromatic nitrogens is 1. The molecule has 0 N–H and O–H groups in total. The van der Waals surface area contributed by atoms with Crippen LogP contribution in [0.25, 0.3) is 50.3 Å². The van der Waals surface area contributed by atoms with Gasteiger partial charge in [-0.15, -0.1) is 0 Å². The third-order valence-corrected chi connectivity index (χ3v) is 13.0. The van der Waals surface area contributed by atoms with Crippen molar-refractivity contribution in [2.45, 2.75) is 23.7 Å². The fourth-order valence-electron chi connectivity index (χ4n) is 11.0. The molecule has 1 aromatic heterocycles. The summed E-state index contributed by atoms with van der Waals surface area (Å²) >= 11 is 0. The van der Waals surface area contributed by atoms with Crippen LogP contribution in [0.15, 0.2) is 200 Å². The fraction of sp³-hybridized carbons (Fsp3) is 0.0727. The number of hydrogen-bond donors (Lipinski definition) is 0. The molecule has 0 aliphatic heterocycles. The van der Waals surface area contributed by atoms with Gasteiger partial charge in [-0.3, -0.25) is 0 Å². The monoisotopic (exact) mass is 711 g/mol. The molecule has 0 amide bonds. The molecule has 7 aromatic carbocycles. The Labute approximate surface area is 328 Å². The normalized spacial score (nSPS) is 15.7. The minimum Gasteiger partial charge on any atom is -0.248 e. The standard InChI is InChI=1S/C55H37N/c1-3-18-36(19-4-1)38-34-51(37-20-5-2-6-21-37)56-52(35-38)43-26-17-33-50-53(43)55(46-29-13-9-24-41(46)42-25-10-14-30-47(42)55)49-32-16-15-31-48(49)54(50)44-27-11-7-22-39(44)40-23-8-12-28-45(40)54/h1-3,5-18,20-35H,4,19H2. The summed E-state index contributed by atoms with van der Waals surface area (Å²) in [6.07, 6.45) is 8.82. The highest BCUT2D eigenvalue weighted by Crippen LogP contribution is 2.68. The van der Waals surface area contributed by atoms with E-state index in [1.54, 1.807) is 0 Å². The van der Waals surface area contributed by atoms with E-state index in [1.165, 1.54) is 83.5 Å². The predicted octanol–water partition coefficient (Wildman–Crippen LogP) is 13.2. The van der Waals surface area contributed by atoms with Crippen LogP contribution in [0.4, 0.5) is 0 Å². The summed E-state index contributed by atoms with van der Waals surface area (Å²) in [4.78, 5) is 5.66. The molecule has 8 aromatic rings. The number of benzene rings is 7. The molecule has 0 fully saturated rings. The Kier molecular flexibility index (Phi) is 6.66. The van der Waals surface area contributed by atoms with Gasteiger partial charge in [0.2, 0.25) is 0 Å². The van der Waals surface area contributed by atoms with Crippen LogP contribution in [0, 0.1) is 0 Å². The molecule has 1 nitrogen and oxygen atoms in total. The molecule has 2 spiro atoms. The highest BCUT2D eigenvalue weighted by atomic mass is 14.7. The van der Waals surface area contributed by atoms with Crippen LogP contribution in [0.5, 0.6) is 0 Å². The van der Waals surface area contributed by atoms with E-state index in [1.807, 2.05) is 0 Å². The van der Waals surface area contributed by atoms with Gasteiger partial charge in [-0.1, -0.05) is 188 Å². The van der Waals surface area contributed by atoms with Gasteiger partial charge in [0.15, 0.2) is 0 Å². The van der Waals surface area contributed by atoms with E-state index in [4.69, 9.17) is 4.98 Å². The van der Waals surface area contributed by atoms with Crippen LogP contribution in [-0.2, 0) is 10.8 Å². The average Bonchev–Trinajstić information content (AvgIpc) is 3.74. The van der Waals surface area contributed by atoms with Gasteiger partial charge in [0, 0.05) is 11.1 Å². The minimum atomic E-state index is -0.592. The molecule has 12 rings (SSSR count). The van der Waals surface area contributed by atoms with Gasteiger partial charge in [0.25, 0.3) is 0 Å². The van der Waals surface area contributed by atoms with E-state index < -0.39 is 10.8 Å². The maximum Gasteiger partial charge on any atom is 0.0726 e. The van der Waals surface area contributed by atoms with Crippen molar-refractivity contribution in [2.75, 3.05) is 0 Å². The number of pyridine rings is 1. The molecule has 1 heteroatoms. The molecule has 0 radical (unpaired) electrons. The van der Waals surface area contributed by atoms with Crippen LogP contribution in [0.3, 0.4) is 0 Å². The van der Waals surface area contributed by atoms with E-state index in [0.717, 1.165) is 29.8 Å².